The lowest BCUT2D eigenvalue weighted by Gasteiger charge is -2.17. The summed E-state index contributed by atoms with van der Waals surface area (Å²) in [6.45, 7) is 6.46. The zero-order valence-corrected chi connectivity index (χ0v) is 29.5. The third-order valence-electron chi connectivity index (χ3n) is 8.87. The Labute approximate surface area is 270 Å². The van der Waals surface area contributed by atoms with Crippen LogP contribution < -0.4 is 5.32 Å². The summed E-state index contributed by atoms with van der Waals surface area (Å²) in [6.07, 6.45) is 46.9. The predicted molar refractivity (Wildman–Crippen MR) is 192 cm³/mol. The van der Waals surface area contributed by atoms with Crippen LogP contribution in [0.15, 0.2) is 24.3 Å². The maximum absolute atomic E-state index is 12.3. The summed E-state index contributed by atoms with van der Waals surface area (Å²) in [5, 5.41) is 13.4. The summed E-state index contributed by atoms with van der Waals surface area (Å²) in [7, 11) is 0. The average Bonchev–Trinajstić information content (AvgIpc) is 3.00. The highest BCUT2D eigenvalue weighted by Gasteiger charge is 2.13. The van der Waals surface area contributed by atoms with Gasteiger partial charge in [0.25, 0.3) is 0 Å². The van der Waals surface area contributed by atoms with Crippen molar-refractivity contribution in [3.63, 3.8) is 0 Å². The van der Waals surface area contributed by atoms with Crippen LogP contribution in [0.5, 0.6) is 0 Å². The van der Waals surface area contributed by atoms with E-state index in [1.54, 1.807) is 0 Å². The third-order valence-corrected chi connectivity index (χ3v) is 8.87. The van der Waals surface area contributed by atoms with Crippen LogP contribution in [0.1, 0.15) is 213 Å². The number of aliphatic hydroxyl groups is 1. The van der Waals surface area contributed by atoms with Crippen molar-refractivity contribution in [1.82, 2.24) is 5.32 Å². The quantitative estimate of drug-likeness (QED) is 0.0567. The number of carbonyl (C=O) groups is 1. The van der Waals surface area contributed by atoms with E-state index in [-0.39, 0.29) is 11.9 Å². The van der Waals surface area contributed by atoms with Gasteiger partial charge >= 0.3 is 0 Å². The van der Waals surface area contributed by atoms with Crippen LogP contribution in [-0.4, -0.2) is 23.2 Å². The molecule has 0 aromatic carbocycles. The standard InChI is InChI=1S/C40H77NO2/c1-4-6-8-10-12-14-16-18-19-20-21-22-23-25-27-29-31-33-35-37-40(43)41-38(3)39(42)36-34-32-30-28-26-24-17-15-13-11-9-7-5-2/h18-19,34,36,38-39,42H,4-17,20-33,35,37H2,1-3H3,(H,41,43). The van der Waals surface area contributed by atoms with Gasteiger partial charge in [-0.3, -0.25) is 4.79 Å². The first kappa shape index (κ1) is 41.9. The summed E-state index contributed by atoms with van der Waals surface area (Å²) in [6, 6.07) is -0.225. The SMILES string of the molecule is CCCCCCCCC=CCCCCCCCCCCCC(=O)NC(C)C(O)C=CCCCCCCCCCCCCC. The predicted octanol–water partition coefficient (Wildman–Crippen LogP) is 12.7. The molecule has 3 nitrogen and oxygen atoms in total. The highest BCUT2D eigenvalue weighted by atomic mass is 16.3. The van der Waals surface area contributed by atoms with Gasteiger partial charge in [0, 0.05) is 6.42 Å². The second kappa shape index (κ2) is 35.4. The Morgan fingerprint density at radius 1 is 0.512 bits per heavy atom. The number of allylic oxidation sites excluding steroid dienone is 3. The summed E-state index contributed by atoms with van der Waals surface area (Å²) in [5.41, 5.74) is 0. The molecule has 0 heterocycles. The molecule has 2 unspecified atom stereocenters. The second-order valence-electron chi connectivity index (χ2n) is 13.3. The van der Waals surface area contributed by atoms with Gasteiger partial charge in [-0.25, -0.2) is 0 Å². The maximum Gasteiger partial charge on any atom is 0.220 e. The number of aliphatic hydroxyl groups excluding tert-OH is 1. The smallest absolute Gasteiger partial charge is 0.220 e. The molecule has 0 aromatic rings. The Morgan fingerprint density at radius 2 is 0.837 bits per heavy atom. The molecule has 254 valence electrons. The fraction of sp³-hybridized carbons (Fsp3) is 0.875. The van der Waals surface area contributed by atoms with Gasteiger partial charge in [-0.2, -0.15) is 0 Å². The molecule has 0 aliphatic heterocycles. The molecular weight excluding hydrogens is 526 g/mol. The van der Waals surface area contributed by atoms with Gasteiger partial charge < -0.3 is 10.4 Å². The Balaban J connectivity index is 3.47. The fourth-order valence-corrected chi connectivity index (χ4v) is 5.80. The van der Waals surface area contributed by atoms with Crippen LogP contribution in [0.2, 0.25) is 0 Å². The van der Waals surface area contributed by atoms with Gasteiger partial charge in [0.2, 0.25) is 5.91 Å². The molecule has 2 N–H and O–H groups in total. The third kappa shape index (κ3) is 33.6. The van der Waals surface area contributed by atoms with Gasteiger partial charge in [0.05, 0.1) is 12.1 Å². The van der Waals surface area contributed by atoms with Crippen LogP contribution in [-0.2, 0) is 4.79 Å². The number of hydrogen-bond donors (Lipinski definition) is 2. The minimum absolute atomic E-state index is 0.0753. The summed E-state index contributed by atoms with van der Waals surface area (Å²) >= 11 is 0. The zero-order chi connectivity index (χ0) is 31.5. The molecule has 0 saturated carbocycles. The maximum atomic E-state index is 12.3. The molecule has 2 atom stereocenters. The summed E-state index contributed by atoms with van der Waals surface area (Å²) in [5.74, 6) is 0.0753. The largest absolute Gasteiger partial charge is 0.387 e. The molecule has 0 aromatic heterocycles. The van der Waals surface area contributed by atoms with E-state index in [1.165, 1.54) is 167 Å². The summed E-state index contributed by atoms with van der Waals surface area (Å²) in [4.78, 5) is 12.3. The normalized spacial score (nSPS) is 13.3. The van der Waals surface area contributed by atoms with Crippen molar-refractivity contribution >= 4 is 5.91 Å². The first-order chi connectivity index (χ1) is 21.1. The van der Waals surface area contributed by atoms with E-state index in [0.717, 1.165) is 19.3 Å². The zero-order valence-electron chi connectivity index (χ0n) is 29.5. The number of hydrogen-bond acceptors (Lipinski definition) is 2. The molecule has 3 heteroatoms. The van der Waals surface area contributed by atoms with E-state index in [0.29, 0.717) is 6.42 Å². The molecule has 0 spiro atoms. The Kier molecular flexibility index (Phi) is 34.5. The highest BCUT2D eigenvalue weighted by Crippen LogP contribution is 2.14. The molecule has 0 radical (unpaired) electrons. The van der Waals surface area contributed by atoms with Gasteiger partial charge in [0.1, 0.15) is 0 Å². The molecular formula is C40H77NO2. The van der Waals surface area contributed by atoms with Crippen molar-refractivity contribution in [1.29, 1.82) is 0 Å². The van der Waals surface area contributed by atoms with Crippen LogP contribution in [0, 0.1) is 0 Å². The molecule has 0 aliphatic rings. The topological polar surface area (TPSA) is 49.3 Å². The van der Waals surface area contributed by atoms with E-state index in [4.69, 9.17) is 0 Å². The van der Waals surface area contributed by atoms with E-state index >= 15 is 0 Å². The van der Waals surface area contributed by atoms with Gasteiger partial charge in [-0.15, -0.1) is 0 Å². The van der Waals surface area contributed by atoms with Gasteiger partial charge in [-0.05, 0) is 51.9 Å². The first-order valence-electron chi connectivity index (χ1n) is 19.4. The molecule has 1 amide bonds. The molecule has 43 heavy (non-hydrogen) atoms. The number of rotatable bonds is 34. The Hall–Kier alpha value is -1.09. The fourth-order valence-electron chi connectivity index (χ4n) is 5.80. The number of carbonyl (C=O) groups excluding carboxylic acids is 1. The van der Waals surface area contributed by atoms with Crippen LogP contribution in [0.4, 0.5) is 0 Å². The average molecular weight is 604 g/mol. The monoisotopic (exact) mass is 604 g/mol. The van der Waals surface area contributed by atoms with E-state index in [9.17, 15) is 9.90 Å². The first-order valence-corrected chi connectivity index (χ1v) is 19.4. The van der Waals surface area contributed by atoms with Crippen LogP contribution in [0.25, 0.3) is 0 Å². The van der Waals surface area contributed by atoms with Crippen molar-refractivity contribution in [2.75, 3.05) is 0 Å². The second-order valence-corrected chi connectivity index (χ2v) is 13.3. The number of nitrogens with one attached hydrogen (secondary N) is 1. The van der Waals surface area contributed by atoms with Crippen LogP contribution in [0.3, 0.4) is 0 Å². The van der Waals surface area contributed by atoms with Crippen molar-refractivity contribution in [3.05, 3.63) is 24.3 Å². The molecule has 0 fully saturated rings. The Bertz CT molecular complexity index is 614. The number of unbranched alkanes of at least 4 members (excludes halogenated alkanes) is 26. The van der Waals surface area contributed by atoms with Gasteiger partial charge in [-0.1, -0.05) is 179 Å². The molecule has 0 saturated heterocycles. The van der Waals surface area contributed by atoms with Crippen molar-refractivity contribution < 1.29 is 9.90 Å². The van der Waals surface area contributed by atoms with Crippen molar-refractivity contribution in [3.8, 4) is 0 Å². The van der Waals surface area contributed by atoms with Crippen LogP contribution >= 0.6 is 0 Å². The summed E-state index contributed by atoms with van der Waals surface area (Å²) < 4.78 is 0. The van der Waals surface area contributed by atoms with E-state index < -0.39 is 6.10 Å². The van der Waals surface area contributed by atoms with Gasteiger partial charge in [0.15, 0.2) is 0 Å². The Morgan fingerprint density at radius 3 is 1.23 bits per heavy atom. The lowest BCUT2D eigenvalue weighted by Crippen LogP contribution is -2.40. The molecule has 0 rings (SSSR count). The molecule has 0 aliphatic carbocycles. The minimum Gasteiger partial charge on any atom is -0.387 e. The van der Waals surface area contributed by atoms with Crippen molar-refractivity contribution in [2.45, 2.75) is 226 Å². The van der Waals surface area contributed by atoms with E-state index in [1.807, 2.05) is 13.0 Å². The number of amides is 1. The minimum atomic E-state index is -0.599. The molecule has 0 bridgehead atoms. The highest BCUT2D eigenvalue weighted by molar-refractivity contribution is 5.76. The lowest BCUT2D eigenvalue weighted by atomic mass is 10.0. The van der Waals surface area contributed by atoms with Crippen molar-refractivity contribution in [2.24, 2.45) is 0 Å². The van der Waals surface area contributed by atoms with E-state index in [2.05, 4.69) is 37.4 Å². The lowest BCUT2D eigenvalue weighted by molar-refractivity contribution is -0.122.